The van der Waals surface area contributed by atoms with Crippen LogP contribution in [0.1, 0.15) is 27.9 Å². The molecule has 1 atom stereocenters. The molecule has 1 aliphatic heterocycles. The molecule has 0 radical (unpaired) electrons. The summed E-state index contributed by atoms with van der Waals surface area (Å²) in [5.41, 5.74) is 2.47. The Morgan fingerprint density at radius 2 is 1.61 bits per heavy atom. The van der Waals surface area contributed by atoms with E-state index in [-0.39, 0.29) is 36.5 Å². The monoisotopic (exact) mass is 445 g/mol. The third-order valence-corrected chi connectivity index (χ3v) is 5.60. The quantitative estimate of drug-likeness (QED) is 0.582. The molecule has 0 bridgehead atoms. The number of halogens is 1. The molecule has 4 rings (SSSR count). The van der Waals surface area contributed by atoms with Crippen LogP contribution in [0, 0.1) is 11.7 Å². The van der Waals surface area contributed by atoms with Gasteiger partial charge in [0.1, 0.15) is 5.82 Å². The highest BCUT2D eigenvalue weighted by Crippen LogP contribution is 2.23. The minimum absolute atomic E-state index is 0.0654. The molecule has 3 amide bonds. The Balaban J connectivity index is 1.38. The number of nitrogens with zero attached hydrogens (tertiary/aromatic N) is 1. The Hall–Kier alpha value is -4.00. The van der Waals surface area contributed by atoms with E-state index in [1.54, 1.807) is 41.3 Å². The summed E-state index contributed by atoms with van der Waals surface area (Å²) in [6.45, 7) is 1.03. The molecule has 0 unspecified atom stereocenters. The largest absolute Gasteiger partial charge is 0.348 e. The van der Waals surface area contributed by atoms with Crippen molar-refractivity contribution in [2.45, 2.75) is 19.5 Å². The summed E-state index contributed by atoms with van der Waals surface area (Å²) in [6, 6.07) is 22.2. The number of anilines is 1. The van der Waals surface area contributed by atoms with Crippen LogP contribution in [-0.4, -0.2) is 29.2 Å². The molecule has 3 aromatic rings. The lowest BCUT2D eigenvalue weighted by Gasteiger charge is -2.17. The van der Waals surface area contributed by atoms with Gasteiger partial charge in [-0.2, -0.15) is 0 Å². The second-order valence-electron chi connectivity index (χ2n) is 8.00. The van der Waals surface area contributed by atoms with Crippen LogP contribution in [0.25, 0.3) is 0 Å². The molecule has 6 nitrogen and oxygen atoms in total. The van der Waals surface area contributed by atoms with E-state index >= 15 is 0 Å². The van der Waals surface area contributed by atoms with Crippen molar-refractivity contribution in [3.63, 3.8) is 0 Å². The van der Waals surface area contributed by atoms with Crippen molar-refractivity contribution < 1.29 is 18.8 Å². The minimum Gasteiger partial charge on any atom is -0.348 e. The summed E-state index contributed by atoms with van der Waals surface area (Å²) >= 11 is 0. The predicted molar refractivity (Wildman–Crippen MR) is 123 cm³/mol. The lowest BCUT2D eigenvalue weighted by Crippen LogP contribution is -2.29. The fourth-order valence-electron chi connectivity index (χ4n) is 3.81. The molecule has 1 aliphatic rings. The third kappa shape index (κ3) is 5.63. The summed E-state index contributed by atoms with van der Waals surface area (Å²) in [7, 11) is 0. The maximum atomic E-state index is 13.1. The first kappa shape index (κ1) is 22.2. The molecule has 0 spiro atoms. The van der Waals surface area contributed by atoms with Crippen LogP contribution in [0.3, 0.4) is 0 Å². The first-order valence-electron chi connectivity index (χ1n) is 10.7. The fourth-order valence-corrected chi connectivity index (χ4v) is 3.81. The highest BCUT2D eigenvalue weighted by Gasteiger charge is 2.34. The van der Waals surface area contributed by atoms with Crippen molar-refractivity contribution in [1.29, 1.82) is 0 Å². The van der Waals surface area contributed by atoms with Gasteiger partial charge in [0.05, 0.1) is 17.2 Å². The molecule has 2 N–H and O–H groups in total. The first-order valence-corrected chi connectivity index (χ1v) is 10.7. The predicted octanol–water partition coefficient (Wildman–Crippen LogP) is 3.74. The molecule has 0 saturated carbocycles. The molecule has 1 saturated heterocycles. The van der Waals surface area contributed by atoms with Gasteiger partial charge < -0.3 is 15.5 Å². The molecule has 33 heavy (non-hydrogen) atoms. The molecular weight excluding hydrogens is 421 g/mol. The second-order valence-corrected chi connectivity index (χ2v) is 8.00. The Labute approximate surface area is 191 Å². The topological polar surface area (TPSA) is 78.5 Å². The zero-order valence-electron chi connectivity index (χ0n) is 18.0. The van der Waals surface area contributed by atoms with Gasteiger partial charge in [0.15, 0.2) is 0 Å². The van der Waals surface area contributed by atoms with Crippen molar-refractivity contribution in [3.05, 3.63) is 101 Å². The smallest absolute Gasteiger partial charge is 0.253 e. The summed E-state index contributed by atoms with van der Waals surface area (Å²) in [4.78, 5) is 39.7. The molecule has 1 heterocycles. The van der Waals surface area contributed by atoms with Gasteiger partial charge in [0.25, 0.3) is 5.91 Å². The number of amides is 3. The summed E-state index contributed by atoms with van der Waals surface area (Å²) in [5.74, 6) is -1.55. The fraction of sp³-hybridized carbons (Fsp3) is 0.192. The molecule has 168 valence electrons. The number of rotatable bonds is 7. The lowest BCUT2D eigenvalue weighted by molar-refractivity contribution is -0.128. The number of likely N-dealkylation sites (tertiary alicyclic amines) is 1. The summed E-state index contributed by atoms with van der Waals surface area (Å²) in [5, 5.41) is 5.60. The molecule has 7 heteroatoms. The van der Waals surface area contributed by atoms with Gasteiger partial charge in [-0.05, 0) is 35.4 Å². The maximum Gasteiger partial charge on any atom is 0.253 e. The maximum absolute atomic E-state index is 13.1. The number of hydrogen-bond donors (Lipinski definition) is 2. The summed E-state index contributed by atoms with van der Waals surface area (Å²) < 4.78 is 13.1. The number of carbonyl (C=O) groups is 3. The van der Waals surface area contributed by atoms with Gasteiger partial charge in [0, 0.05) is 26.1 Å². The van der Waals surface area contributed by atoms with E-state index in [0.29, 0.717) is 24.3 Å². The molecule has 3 aromatic carbocycles. The van der Waals surface area contributed by atoms with Gasteiger partial charge in [-0.3, -0.25) is 14.4 Å². The van der Waals surface area contributed by atoms with Crippen molar-refractivity contribution in [2.24, 2.45) is 5.92 Å². The van der Waals surface area contributed by atoms with E-state index in [1.807, 2.05) is 30.3 Å². The number of para-hydroxylation sites is 1. The Kier molecular flexibility index (Phi) is 6.78. The Bertz CT molecular complexity index is 1150. The van der Waals surface area contributed by atoms with Crippen LogP contribution >= 0.6 is 0 Å². The van der Waals surface area contributed by atoms with Crippen LogP contribution in [0.15, 0.2) is 78.9 Å². The van der Waals surface area contributed by atoms with E-state index in [0.717, 1.165) is 11.1 Å². The number of hydrogen-bond acceptors (Lipinski definition) is 3. The molecule has 1 fully saturated rings. The SMILES string of the molecule is O=C(NCc1ccc(F)cc1)c1ccccc1NC(=O)[C@H]1CC(=O)N(Cc2ccccc2)C1. The van der Waals surface area contributed by atoms with Crippen LogP contribution in [0.2, 0.25) is 0 Å². The number of benzene rings is 3. The Morgan fingerprint density at radius 1 is 0.909 bits per heavy atom. The van der Waals surface area contributed by atoms with E-state index in [4.69, 9.17) is 0 Å². The van der Waals surface area contributed by atoms with Gasteiger partial charge in [-0.15, -0.1) is 0 Å². The lowest BCUT2D eigenvalue weighted by atomic mass is 10.1. The van der Waals surface area contributed by atoms with Gasteiger partial charge >= 0.3 is 0 Å². The highest BCUT2D eigenvalue weighted by atomic mass is 19.1. The summed E-state index contributed by atoms with van der Waals surface area (Å²) in [6.07, 6.45) is 0.137. The highest BCUT2D eigenvalue weighted by molar-refractivity contribution is 6.05. The van der Waals surface area contributed by atoms with E-state index in [2.05, 4.69) is 10.6 Å². The van der Waals surface area contributed by atoms with Crippen LogP contribution < -0.4 is 10.6 Å². The molecule has 0 aliphatic carbocycles. The zero-order chi connectivity index (χ0) is 23.2. The number of nitrogens with one attached hydrogen (secondary N) is 2. The van der Waals surface area contributed by atoms with Crippen molar-refractivity contribution in [2.75, 3.05) is 11.9 Å². The van der Waals surface area contributed by atoms with Crippen LogP contribution in [0.4, 0.5) is 10.1 Å². The van der Waals surface area contributed by atoms with E-state index in [1.165, 1.54) is 12.1 Å². The normalized spacial score (nSPS) is 15.4. The van der Waals surface area contributed by atoms with E-state index in [9.17, 15) is 18.8 Å². The van der Waals surface area contributed by atoms with Gasteiger partial charge in [-0.25, -0.2) is 4.39 Å². The van der Waals surface area contributed by atoms with Gasteiger partial charge in [0.2, 0.25) is 11.8 Å². The van der Waals surface area contributed by atoms with E-state index < -0.39 is 5.92 Å². The Morgan fingerprint density at radius 3 is 2.36 bits per heavy atom. The second kappa shape index (κ2) is 10.1. The standard InChI is InChI=1S/C26H24FN3O3/c27-21-12-10-18(11-13-21)15-28-26(33)22-8-4-5-9-23(22)29-25(32)20-14-24(31)30(17-20)16-19-6-2-1-3-7-19/h1-13,20H,14-17H2,(H,28,33)(H,29,32)/t20-/m0/s1. The third-order valence-electron chi connectivity index (χ3n) is 5.60. The average molecular weight is 445 g/mol. The average Bonchev–Trinajstić information content (AvgIpc) is 3.20. The van der Waals surface area contributed by atoms with Crippen molar-refractivity contribution >= 4 is 23.4 Å². The van der Waals surface area contributed by atoms with Crippen LogP contribution in [-0.2, 0) is 22.7 Å². The van der Waals surface area contributed by atoms with Crippen molar-refractivity contribution in [1.82, 2.24) is 10.2 Å². The molecular formula is C26H24FN3O3. The minimum atomic E-state index is -0.489. The molecule has 0 aromatic heterocycles. The first-order chi connectivity index (χ1) is 16.0. The van der Waals surface area contributed by atoms with Crippen molar-refractivity contribution in [3.8, 4) is 0 Å². The van der Waals surface area contributed by atoms with Crippen LogP contribution in [0.5, 0.6) is 0 Å². The number of carbonyl (C=O) groups excluding carboxylic acids is 3. The van der Waals surface area contributed by atoms with Gasteiger partial charge in [-0.1, -0.05) is 54.6 Å². The zero-order valence-corrected chi connectivity index (χ0v) is 18.0.